The molecule has 0 saturated carbocycles. The van der Waals surface area contributed by atoms with Gasteiger partial charge in [0.15, 0.2) is 11.5 Å². The first-order chi connectivity index (χ1) is 14.7. The molecule has 0 bridgehead atoms. The topological polar surface area (TPSA) is 85.8 Å². The van der Waals surface area contributed by atoms with Crippen molar-refractivity contribution in [3.05, 3.63) is 76.8 Å². The highest BCUT2D eigenvalue weighted by molar-refractivity contribution is 6.30. The molecule has 1 amide bonds. The highest BCUT2D eigenvalue weighted by atomic mass is 35.5. The fraction of sp³-hybridized carbons (Fsp3) is 0.100. The number of nitrogens with zero attached hydrogens (tertiary/aromatic N) is 4. The lowest BCUT2D eigenvalue weighted by Gasteiger charge is -2.12. The van der Waals surface area contributed by atoms with Crippen LogP contribution in [-0.4, -0.2) is 25.8 Å². The summed E-state index contributed by atoms with van der Waals surface area (Å²) in [6.45, 7) is 1.50. The molecule has 7 nitrogen and oxygen atoms in total. The van der Waals surface area contributed by atoms with E-state index in [1.807, 2.05) is 0 Å². The van der Waals surface area contributed by atoms with Crippen LogP contribution in [0.1, 0.15) is 21.9 Å². The van der Waals surface area contributed by atoms with E-state index < -0.39 is 11.9 Å². The van der Waals surface area contributed by atoms with Crippen LogP contribution in [0.3, 0.4) is 0 Å². The first-order valence-electron chi connectivity index (χ1n) is 8.85. The Morgan fingerprint density at radius 1 is 1.10 bits per heavy atom. The number of aryl methyl sites for hydroxylation is 1. The summed E-state index contributed by atoms with van der Waals surface area (Å²) in [6.07, 6.45) is -3.71. The van der Waals surface area contributed by atoms with Gasteiger partial charge < -0.3 is 9.84 Å². The number of hydrogen-bond acceptors (Lipinski definition) is 5. The van der Waals surface area contributed by atoms with Crippen molar-refractivity contribution < 1.29 is 22.5 Å². The number of hydrogen-bond donors (Lipinski definition) is 1. The van der Waals surface area contributed by atoms with Crippen molar-refractivity contribution in [1.29, 1.82) is 0 Å². The average Bonchev–Trinajstić information content (AvgIpc) is 3.35. The summed E-state index contributed by atoms with van der Waals surface area (Å²) in [5, 5.41) is 10.5. The molecule has 0 saturated heterocycles. The summed E-state index contributed by atoms with van der Waals surface area (Å²) in [5.41, 5.74) is -0.446. The first-order valence-corrected chi connectivity index (χ1v) is 9.23. The summed E-state index contributed by atoms with van der Waals surface area (Å²) >= 11 is 5.81. The second-order valence-corrected chi connectivity index (χ2v) is 6.91. The molecule has 31 heavy (non-hydrogen) atoms. The second-order valence-electron chi connectivity index (χ2n) is 6.47. The Balaban J connectivity index is 1.62. The van der Waals surface area contributed by atoms with E-state index in [1.165, 1.54) is 31.2 Å². The molecule has 0 radical (unpaired) electrons. The van der Waals surface area contributed by atoms with Gasteiger partial charge in [-0.05, 0) is 55.5 Å². The third kappa shape index (κ3) is 4.29. The predicted octanol–water partition coefficient (Wildman–Crippen LogP) is 5.16. The average molecular weight is 448 g/mol. The minimum absolute atomic E-state index is 0.138. The van der Waals surface area contributed by atoms with Gasteiger partial charge in [-0.15, -0.1) is 0 Å². The van der Waals surface area contributed by atoms with Crippen molar-refractivity contribution in [2.45, 2.75) is 13.1 Å². The van der Waals surface area contributed by atoms with Gasteiger partial charge in [-0.3, -0.25) is 4.79 Å². The zero-order chi connectivity index (χ0) is 22.2. The van der Waals surface area contributed by atoms with Gasteiger partial charge in [-0.2, -0.15) is 23.3 Å². The molecule has 0 aliphatic carbocycles. The van der Waals surface area contributed by atoms with Gasteiger partial charge in [0, 0.05) is 16.3 Å². The quantitative estimate of drug-likeness (QED) is 0.467. The maximum atomic E-state index is 13.8. The molecule has 4 rings (SSSR count). The normalized spacial score (nSPS) is 11.5. The van der Waals surface area contributed by atoms with Crippen LogP contribution in [0.2, 0.25) is 5.02 Å². The molecule has 158 valence electrons. The molecule has 2 aromatic heterocycles. The molecule has 1 N–H and O–H groups in total. The number of halogens is 4. The van der Waals surface area contributed by atoms with Crippen molar-refractivity contribution in [2.24, 2.45) is 0 Å². The zero-order valence-corrected chi connectivity index (χ0v) is 16.6. The van der Waals surface area contributed by atoms with Crippen molar-refractivity contribution in [1.82, 2.24) is 19.9 Å². The Kier molecular flexibility index (Phi) is 5.24. The number of carbonyl (C=O) groups excluding carboxylic acids is 1. The minimum Gasteiger partial charge on any atom is -0.334 e. The zero-order valence-electron chi connectivity index (χ0n) is 15.8. The van der Waals surface area contributed by atoms with E-state index in [0.29, 0.717) is 16.3 Å². The molecule has 0 spiro atoms. The van der Waals surface area contributed by atoms with Crippen LogP contribution in [0.25, 0.3) is 17.1 Å². The van der Waals surface area contributed by atoms with Gasteiger partial charge in [0.25, 0.3) is 11.8 Å². The molecule has 2 heterocycles. The fourth-order valence-electron chi connectivity index (χ4n) is 2.87. The first kappa shape index (κ1) is 20.6. The summed E-state index contributed by atoms with van der Waals surface area (Å²) < 4.78 is 46.9. The third-order valence-electron chi connectivity index (χ3n) is 4.27. The maximum Gasteiger partial charge on any atom is 0.434 e. The number of benzene rings is 2. The number of carbonyl (C=O) groups is 1. The predicted molar refractivity (Wildman–Crippen MR) is 106 cm³/mol. The van der Waals surface area contributed by atoms with E-state index in [9.17, 15) is 18.0 Å². The van der Waals surface area contributed by atoms with Crippen LogP contribution in [-0.2, 0) is 6.18 Å². The van der Waals surface area contributed by atoms with Gasteiger partial charge in [0.05, 0.1) is 17.4 Å². The SMILES string of the molecule is Cc1noc(-c2cnn(-c3ccc(NC(=O)c4ccc(Cl)cc4)cc3)c2C(F)(F)F)n1. The monoisotopic (exact) mass is 447 g/mol. The Labute approximate surface area is 178 Å². The molecule has 0 aliphatic rings. The summed E-state index contributed by atoms with van der Waals surface area (Å²) in [5.74, 6) is -0.451. The summed E-state index contributed by atoms with van der Waals surface area (Å²) in [4.78, 5) is 16.1. The molecular formula is C20H13ClF3N5O2. The number of rotatable bonds is 4. The number of anilines is 1. The van der Waals surface area contributed by atoms with E-state index in [-0.39, 0.29) is 28.9 Å². The number of amides is 1. The van der Waals surface area contributed by atoms with E-state index in [1.54, 1.807) is 24.3 Å². The second kappa shape index (κ2) is 7.88. The van der Waals surface area contributed by atoms with E-state index in [4.69, 9.17) is 16.1 Å². The molecule has 0 aliphatic heterocycles. The fourth-order valence-corrected chi connectivity index (χ4v) is 3.00. The third-order valence-corrected chi connectivity index (χ3v) is 4.52. The maximum absolute atomic E-state index is 13.8. The lowest BCUT2D eigenvalue weighted by atomic mass is 10.2. The Morgan fingerprint density at radius 3 is 2.35 bits per heavy atom. The van der Waals surface area contributed by atoms with Crippen LogP contribution in [0, 0.1) is 6.92 Å². The molecule has 2 aromatic carbocycles. The van der Waals surface area contributed by atoms with Crippen LogP contribution in [0.15, 0.2) is 59.3 Å². The molecular weight excluding hydrogens is 435 g/mol. The largest absolute Gasteiger partial charge is 0.434 e. The van der Waals surface area contributed by atoms with Crippen LogP contribution in [0.5, 0.6) is 0 Å². The number of aromatic nitrogens is 4. The highest BCUT2D eigenvalue weighted by Gasteiger charge is 2.40. The standard InChI is InChI=1S/C20H13ClF3N5O2/c1-11-26-19(31-28-11)16-10-25-29(17(16)20(22,23)24)15-8-6-14(7-9-15)27-18(30)12-2-4-13(21)5-3-12/h2-10H,1H3,(H,27,30). The van der Waals surface area contributed by atoms with Crippen molar-refractivity contribution in [2.75, 3.05) is 5.32 Å². The van der Waals surface area contributed by atoms with Crippen LogP contribution in [0.4, 0.5) is 18.9 Å². The Bertz CT molecular complexity index is 1230. The molecule has 0 unspecified atom stereocenters. The highest BCUT2D eigenvalue weighted by Crippen LogP contribution is 2.38. The number of nitrogens with one attached hydrogen (secondary N) is 1. The number of alkyl halides is 3. The van der Waals surface area contributed by atoms with Gasteiger partial charge in [0.2, 0.25) is 0 Å². The Morgan fingerprint density at radius 2 is 1.77 bits per heavy atom. The van der Waals surface area contributed by atoms with E-state index in [2.05, 4.69) is 20.6 Å². The molecule has 0 atom stereocenters. The molecule has 11 heteroatoms. The lowest BCUT2D eigenvalue weighted by molar-refractivity contribution is -0.142. The van der Waals surface area contributed by atoms with Gasteiger partial charge >= 0.3 is 6.18 Å². The smallest absolute Gasteiger partial charge is 0.334 e. The van der Waals surface area contributed by atoms with Crippen molar-refractivity contribution in [3.8, 4) is 17.1 Å². The Hall–Kier alpha value is -3.66. The van der Waals surface area contributed by atoms with Crippen LogP contribution < -0.4 is 5.32 Å². The van der Waals surface area contributed by atoms with Crippen molar-refractivity contribution in [3.63, 3.8) is 0 Å². The van der Waals surface area contributed by atoms with Crippen LogP contribution >= 0.6 is 11.6 Å². The minimum atomic E-state index is -4.73. The molecule has 4 aromatic rings. The van der Waals surface area contributed by atoms with Gasteiger partial charge in [-0.25, -0.2) is 4.68 Å². The van der Waals surface area contributed by atoms with Gasteiger partial charge in [0.1, 0.15) is 0 Å². The summed E-state index contributed by atoms with van der Waals surface area (Å²) in [7, 11) is 0. The van der Waals surface area contributed by atoms with Crippen molar-refractivity contribution >= 4 is 23.2 Å². The van der Waals surface area contributed by atoms with Gasteiger partial charge in [-0.1, -0.05) is 16.8 Å². The summed E-state index contributed by atoms with van der Waals surface area (Å²) in [6, 6.07) is 12.0. The van der Waals surface area contributed by atoms with E-state index in [0.717, 1.165) is 10.9 Å². The lowest BCUT2D eigenvalue weighted by Crippen LogP contribution is -2.15. The van der Waals surface area contributed by atoms with E-state index >= 15 is 0 Å². The molecule has 0 fully saturated rings.